The number of nitrogens with zero attached hydrogens (tertiary/aromatic N) is 1. The number of hydrogen-bond donors (Lipinski definition) is 0. The Hall–Kier alpha value is -0.410. The second-order valence-corrected chi connectivity index (χ2v) is 5.12. The molecule has 0 amide bonds. The first kappa shape index (κ1) is 12.1. The van der Waals surface area contributed by atoms with Gasteiger partial charge in [0.2, 0.25) is 0 Å². The molecule has 0 aromatic heterocycles. The fourth-order valence-electron chi connectivity index (χ4n) is 3.21. The van der Waals surface area contributed by atoms with E-state index in [2.05, 4.69) is 4.90 Å². The zero-order valence-electron chi connectivity index (χ0n) is 10.2. The second-order valence-electron chi connectivity index (χ2n) is 5.12. The Bertz CT molecular complexity index is 232. The van der Waals surface area contributed by atoms with Crippen LogP contribution in [0.1, 0.15) is 44.9 Å². The Labute approximate surface area is 98.1 Å². The van der Waals surface area contributed by atoms with Gasteiger partial charge in [0.05, 0.1) is 12.1 Å². The molecule has 1 heterocycles. The van der Waals surface area contributed by atoms with Gasteiger partial charge in [-0.3, -0.25) is 4.90 Å². The predicted octanol–water partition coefficient (Wildman–Crippen LogP) is 2.00. The SMILES string of the molecule is COC1CCCC(N2CCCCC2C=O)C1. The van der Waals surface area contributed by atoms with Crippen molar-refractivity contribution in [2.24, 2.45) is 0 Å². The van der Waals surface area contributed by atoms with Gasteiger partial charge in [0, 0.05) is 13.2 Å². The van der Waals surface area contributed by atoms with Crippen molar-refractivity contribution in [3.05, 3.63) is 0 Å². The van der Waals surface area contributed by atoms with E-state index in [9.17, 15) is 4.79 Å². The molecule has 1 saturated carbocycles. The monoisotopic (exact) mass is 225 g/mol. The van der Waals surface area contributed by atoms with Crippen LogP contribution in [0.15, 0.2) is 0 Å². The number of carbonyl (C=O) groups is 1. The lowest BCUT2D eigenvalue weighted by Crippen LogP contribution is -2.49. The van der Waals surface area contributed by atoms with Crippen molar-refractivity contribution >= 4 is 6.29 Å². The number of likely N-dealkylation sites (tertiary alicyclic amines) is 1. The highest BCUT2D eigenvalue weighted by molar-refractivity contribution is 5.57. The highest BCUT2D eigenvalue weighted by atomic mass is 16.5. The molecular weight excluding hydrogens is 202 g/mol. The largest absolute Gasteiger partial charge is 0.381 e. The summed E-state index contributed by atoms with van der Waals surface area (Å²) in [5.74, 6) is 0. The van der Waals surface area contributed by atoms with Crippen molar-refractivity contribution in [3.8, 4) is 0 Å². The molecule has 3 heteroatoms. The van der Waals surface area contributed by atoms with Crippen LogP contribution in [0.25, 0.3) is 0 Å². The maximum absolute atomic E-state index is 11.1. The summed E-state index contributed by atoms with van der Waals surface area (Å²) in [7, 11) is 1.81. The summed E-state index contributed by atoms with van der Waals surface area (Å²) in [5, 5.41) is 0. The normalized spacial score (nSPS) is 37.2. The minimum atomic E-state index is 0.175. The summed E-state index contributed by atoms with van der Waals surface area (Å²) >= 11 is 0. The fraction of sp³-hybridized carbons (Fsp3) is 0.923. The molecule has 3 atom stereocenters. The molecule has 1 aliphatic heterocycles. The third-order valence-corrected chi connectivity index (χ3v) is 4.15. The third-order valence-electron chi connectivity index (χ3n) is 4.15. The van der Waals surface area contributed by atoms with Crippen LogP contribution in [0.2, 0.25) is 0 Å². The van der Waals surface area contributed by atoms with E-state index in [-0.39, 0.29) is 6.04 Å². The van der Waals surface area contributed by atoms with E-state index in [4.69, 9.17) is 4.74 Å². The topological polar surface area (TPSA) is 29.5 Å². The molecule has 92 valence electrons. The molecular formula is C13H23NO2. The number of hydrogen-bond acceptors (Lipinski definition) is 3. The smallest absolute Gasteiger partial charge is 0.137 e. The number of carbonyl (C=O) groups excluding carboxylic acids is 1. The van der Waals surface area contributed by atoms with E-state index >= 15 is 0 Å². The molecule has 1 aliphatic carbocycles. The van der Waals surface area contributed by atoms with Crippen LogP contribution >= 0.6 is 0 Å². The molecule has 0 aromatic carbocycles. The van der Waals surface area contributed by atoms with Gasteiger partial charge < -0.3 is 9.53 Å². The molecule has 0 bridgehead atoms. The van der Waals surface area contributed by atoms with Gasteiger partial charge in [-0.1, -0.05) is 6.42 Å². The molecule has 3 nitrogen and oxygen atoms in total. The first-order valence-electron chi connectivity index (χ1n) is 6.59. The number of aldehydes is 1. The summed E-state index contributed by atoms with van der Waals surface area (Å²) < 4.78 is 5.47. The van der Waals surface area contributed by atoms with Crippen molar-refractivity contribution in [2.45, 2.75) is 63.1 Å². The summed E-state index contributed by atoms with van der Waals surface area (Å²) in [6.07, 6.45) is 9.85. The average Bonchev–Trinajstić information content (AvgIpc) is 2.38. The molecule has 0 spiro atoms. The van der Waals surface area contributed by atoms with Gasteiger partial charge in [-0.2, -0.15) is 0 Å². The summed E-state index contributed by atoms with van der Waals surface area (Å²) in [5.41, 5.74) is 0. The lowest BCUT2D eigenvalue weighted by atomic mass is 9.89. The van der Waals surface area contributed by atoms with Crippen LogP contribution in [0.3, 0.4) is 0 Å². The summed E-state index contributed by atoms with van der Waals surface area (Å²) in [6, 6.07) is 0.753. The van der Waals surface area contributed by atoms with E-state index in [0.717, 1.165) is 25.7 Å². The first-order chi connectivity index (χ1) is 7.85. The van der Waals surface area contributed by atoms with Crippen LogP contribution in [0, 0.1) is 0 Å². The minimum absolute atomic E-state index is 0.175. The van der Waals surface area contributed by atoms with Crippen LogP contribution in [0.4, 0.5) is 0 Å². The number of piperidine rings is 1. The minimum Gasteiger partial charge on any atom is -0.381 e. The maximum Gasteiger partial charge on any atom is 0.137 e. The third kappa shape index (κ3) is 2.64. The number of rotatable bonds is 3. The summed E-state index contributed by atoms with van der Waals surface area (Å²) in [4.78, 5) is 13.5. The molecule has 3 unspecified atom stereocenters. The fourth-order valence-corrected chi connectivity index (χ4v) is 3.21. The first-order valence-corrected chi connectivity index (χ1v) is 6.59. The molecule has 0 aromatic rings. The highest BCUT2D eigenvalue weighted by Crippen LogP contribution is 2.29. The lowest BCUT2D eigenvalue weighted by Gasteiger charge is -2.42. The standard InChI is InChI=1S/C13H23NO2/c1-16-13-7-4-6-11(9-13)14-8-3-2-5-12(14)10-15/h10-13H,2-9H2,1H3. The second kappa shape index (κ2) is 5.78. The maximum atomic E-state index is 11.1. The van der Waals surface area contributed by atoms with Gasteiger partial charge in [0.15, 0.2) is 0 Å². The molecule has 2 aliphatic rings. The van der Waals surface area contributed by atoms with Gasteiger partial charge in [0.1, 0.15) is 6.29 Å². The Morgan fingerprint density at radius 2 is 2.06 bits per heavy atom. The van der Waals surface area contributed by atoms with E-state index in [1.807, 2.05) is 0 Å². The number of methoxy groups -OCH3 is 1. The van der Waals surface area contributed by atoms with Gasteiger partial charge in [-0.05, 0) is 45.1 Å². The van der Waals surface area contributed by atoms with Gasteiger partial charge in [0.25, 0.3) is 0 Å². The molecule has 16 heavy (non-hydrogen) atoms. The lowest BCUT2D eigenvalue weighted by molar-refractivity contribution is -0.115. The molecule has 0 N–H and O–H groups in total. The van der Waals surface area contributed by atoms with Gasteiger partial charge in [-0.15, -0.1) is 0 Å². The molecule has 2 fully saturated rings. The van der Waals surface area contributed by atoms with Crippen molar-refractivity contribution in [1.29, 1.82) is 0 Å². The van der Waals surface area contributed by atoms with E-state index in [1.165, 1.54) is 32.1 Å². The van der Waals surface area contributed by atoms with Crippen molar-refractivity contribution in [1.82, 2.24) is 4.90 Å². The van der Waals surface area contributed by atoms with Crippen molar-refractivity contribution in [3.63, 3.8) is 0 Å². The Morgan fingerprint density at radius 3 is 2.81 bits per heavy atom. The molecule has 0 radical (unpaired) electrons. The zero-order valence-corrected chi connectivity index (χ0v) is 10.2. The van der Waals surface area contributed by atoms with Crippen molar-refractivity contribution < 1.29 is 9.53 Å². The highest BCUT2D eigenvalue weighted by Gasteiger charge is 2.32. The van der Waals surface area contributed by atoms with Gasteiger partial charge >= 0.3 is 0 Å². The van der Waals surface area contributed by atoms with Gasteiger partial charge in [-0.25, -0.2) is 0 Å². The van der Waals surface area contributed by atoms with Crippen LogP contribution in [-0.2, 0) is 9.53 Å². The van der Waals surface area contributed by atoms with Crippen LogP contribution in [-0.4, -0.2) is 43.0 Å². The Morgan fingerprint density at radius 1 is 1.19 bits per heavy atom. The quantitative estimate of drug-likeness (QED) is 0.688. The summed E-state index contributed by atoms with van der Waals surface area (Å²) in [6.45, 7) is 1.10. The molecule has 2 rings (SSSR count). The Kier molecular flexibility index (Phi) is 4.36. The van der Waals surface area contributed by atoms with E-state index in [0.29, 0.717) is 12.1 Å². The van der Waals surface area contributed by atoms with Crippen LogP contribution < -0.4 is 0 Å². The average molecular weight is 225 g/mol. The Balaban J connectivity index is 1.95. The van der Waals surface area contributed by atoms with E-state index in [1.54, 1.807) is 7.11 Å². The predicted molar refractivity (Wildman–Crippen MR) is 63.5 cm³/mol. The van der Waals surface area contributed by atoms with Crippen molar-refractivity contribution in [2.75, 3.05) is 13.7 Å². The van der Waals surface area contributed by atoms with Crippen LogP contribution in [0.5, 0.6) is 0 Å². The van der Waals surface area contributed by atoms with E-state index < -0.39 is 0 Å². The molecule has 1 saturated heterocycles. The zero-order chi connectivity index (χ0) is 11.4. The number of ether oxygens (including phenoxy) is 1.